The minimum Gasteiger partial charge on any atom is -0.493 e. The second-order valence-corrected chi connectivity index (χ2v) is 13.2. The lowest BCUT2D eigenvalue weighted by atomic mass is 9.95. The Balaban J connectivity index is 1.73. The van der Waals surface area contributed by atoms with Crippen molar-refractivity contribution in [1.82, 2.24) is 10.2 Å². The third-order valence-corrected chi connectivity index (χ3v) is 9.96. The molecule has 1 N–H and O–H groups in total. The molecule has 1 fully saturated rings. The molecule has 0 heterocycles. The van der Waals surface area contributed by atoms with Crippen LogP contribution in [0.4, 0.5) is 10.1 Å². The van der Waals surface area contributed by atoms with Gasteiger partial charge in [-0.1, -0.05) is 49.9 Å². The lowest BCUT2D eigenvalue weighted by molar-refractivity contribution is -0.140. The van der Waals surface area contributed by atoms with Crippen LogP contribution in [-0.2, 0) is 26.2 Å². The average Bonchev–Trinajstić information content (AvgIpc) is 3.04. The van der Waals surface area contributed by atoms with Crippen molar-refractivity contribution in [3.05, 3.63) is 83.1 Å². The van der Waals surface area contributed by atoms with Crippen LogP contribution in [-0.4, -0.2) is 58.0 Å². The number of benzene rings is 3. The fraction of sp³-hybridized carbons (Fsp3) is 0.394. The molecular formula is C33H39ClFN3O6S. The highest BCUT2D eigenvalue weighted by Gasteiger charge is 2.35. The Morgan fingerprint density at radius 2 is 1.60 bits per heavy atom. The summed E-state index contributed by atoms with van der Waals surface area (Å²) in [6.45, 7) is 1.20. The summed E-state index contributed by atoms with van der Waals surface area (Å²) in [7, 11) is -1.58. The number of anilines is 1. The van der Waals surface area contributed by atoms with Gasteiger partial charge in [-0.25, -0.2) is 12.8 Å². The van der Waals surface area contributed by atoms with Crippen molar-refractivity contribution >= 4 is 39.1 Å². The second-order valence-electron chi connectivity index (χ2n) is 10.9. The van der Waals surface area contributed by atoms with E-state index < -0.39 is 34.3 Å². The number of nitrogens with zero attached hydrogens (tertiary/aromatic N) is 2. The molecule has 4 rings (SSSR count). The molecule has 45 heavy (non-hydrogen) atoms. The molecule has 242 valence electrons. The third kappa shape index (κ3) is 8.46. The topological polar surface area (TPSA) is 105 Å². The minimum absolute atomic E-state index is 0.0222. The van der Waals surface area contributed by atoms with Crippen molar-refractivity contribution in [2.75, 3.05) is 25.1 Å². The zero-order chi connectivity index (χ0) is 32.6. The molecule has 1 saturated carbocycles. The van der Waals surface area contributed by atoms with Gasteiger partial charge in [-0.05, 0) is 73.4 Å². The summed E-state index contributed by atoms with van der Waals surface area (Å²) in [6, 6.07) is 15.0. The number of amides is 2. The highest BCUT2D eigenvalue weighted by Crippen LogP contribution is 2.32. The molecule has 3 aromatic rings. The van der Waals surface area contributed by atoms with Crippen molar-refractivity contribution in [3.8, 4) is 11.5 Å². The summed E-state index contributed by atoms with van der Waals surface area (Å²) >= 11 is 6.09. The van der Waals surface area contributed by atoms with Crippen molar-refractivity contribution in [1.29, 1.82) is 0 Å². The van der Waals surface area contributed by atoms with E-state index in [2.05, 4.69) is 5.32 Å². The lowest BCUT2D eigenvalue weighted by Crippen LogP contribution is -2.54. The van der Waals surface area contributed by atoms with Gasteiger partial charge in [0.05, 0.1) is 24.8 Å². The fourth-order valence-corrected chi connectivity index (χ4v) is 7.05. The molecule has 2 amide bonds. The summed E-state index contributed by atoms with van der Waals surface area (Å²) < 4.78 is 53.7. The van der Waals surface area contributed by atoms with Crippen molar-refractivity contribution in [2.45, 2.75) is 69.0 Å². The first-order chi connectivity index (χ1) is 21.6. The number of hydrogen-bond acceptors (Lipinski definition) is 6. The number of methoxy groups -OCH3 is 2. The number of halogens is 2. The molecule has 0 bridgehead atoms. The van der Waals surface area contributed by atoms with Gasteiger partial charge in [-0.2, -0.15) is 0 Å². The Kier molecular flexibility index (Phi) is 11.7. The quantitative estimate of drug-likeness (QED) is 0.243. The van der Waals surface area contributed by atoms with Crippen molar-refractivity contribution in [3.63, 3.8) is 0 Å². The third-order valence-electron chi connectivity index (χ3n) is 7.94. The molecule has 0 aromatic heterocycles. The maximum absolute atomic E-state index is 14.3. The molecule has 1 aliphatic carbocycles. The van der Waals surface area contributed by atoms with Crippen LogP contribution < -0.4 is 19.1 Å². The van der Waals surface area contributed by atoms with Crippen LogP contribution >= 0.6 is 11.6 Å². The van der Waals surface area contributed by atoms with Gasteiger partial charge in [0.15, 0.2) is 11.5 Å². The first kappa shape index (κ1) is 34.1. The van der Waals surface area contributed by atoms with E-state index in [9.17, 15) is 22.4 Å². The average molecular weight is 660 g/mol. The number of ether oxygens (including phenoxy) is 2. The number of rotatable bonds is 13. The van der Waals surface area contributed by atoms with E-state index in [-0.39, 0.29) is 34.8 Å². The lowest BCUT2D eigenvalue weighted by Gasteiger charge is -2.34. The van der Waals surface area contributed by atoms with Crippen molar-refractivity contribution < 1.29 is 31.9 Å². The van der Waals surface area contributed by atoms with Crippen molar-refractivity contribution in [2.24, 2.45) is 0 Å². The monoisotopic (exact) mass is 659 g/mol. The van der Waals surface area contributed by atoms with E-state index in [0.717, 1.165) is 48.5 Å². The summed E-state index contributed by atoms with van der Waals surface area (Å²) in [5.41, 5.74) is 0.790. The SMILES string of the molecule is CCC(C(=O)NC1CCCCC1)N(Cc1ccc(Cl)cc1)C(=O)CN(c1ccc(F)cc1)S(=O)(=O)c1ccc(OC)c(OC)c1. The molecule has 0 aliphatic heterocycles. The van der Waals surface area contributed by atoms with Gasteiger partial charge in [-0.15, -0.1) is 0 Å². The van der Waals surface area contributed by atoms with E-state index in [1.54, 1.807) is 24.3 Å². The Hall–Kier alpha value is -3.83. The highest BCUT2D eigenvalue weighted by molar-refractivity contribution is 7.92. The van der Waals surface area contributed by atoms with Crippen LogP contribution in [0.25, 0.3) is 0 Å². The smallest absolute Gasteiger partial charge is 0.264 e. The van der Waals surface area contributed by atoms with Crippen LogP contribution in [0.2, 0.25) is 5.02 Å². The standard InChI is InChI=1S/C33H39ClFN3O6S/c1-4-29(33(40)36-26-8-6-5-7-9-26)37(21-23-10-12-24(34)13-11-23)32(39)22-38(27-16-14-25(35)15-17-27)45(41,42)28-18-19-30(43-2)31(20-28)44-3/h10-20,26,29H,4-9,21-22H2,1-3H3,(H,36,40). The van der Waals surface area contributed by atoms with Gasteiger partial charge in [0.2, 0.25) is 11.8 Å². The van der Waals surface area contributed by atoms with Crippen LogP contribution in [0.15, 0.2) is 71.6 Å². The summed E-state index contributed by atoms with van der Waals surface area (Å²) in [4.78, 5) is 29.2. The molecule has 0 radical (unpaired) electrons. The van der Waals surface area contributed by atoms with Crippen LogP contribution in [0.5, 0.6) is 11.5 Å². The number of hydrogen-bond donors (Lipinski definition) is 1. The Morgan fingerprint density at radius 3 is 2.20 bits per heavy atom. The number of nitrogens with one attached hydrogen (secondary N) is 1. The van der Waals surface area contributed by atoms with Crippen LogP contribution in [0.1, 0.15) is 51.0 Å². The number of carbonyl (C=O) groups excluding carboxylic acids is 2. The van der Waals surface area contributed by atoms with E-state index in [1.807, 2.05) is 6.92 Å². The molecule has 1 aliphatic rings. The largest absolute Gasteiger partial charge is 0.493 e. The van der Waals surface area contributed by atoms with Gasteiger partial charge in [0.1, 0.15) is 18.4 Å². The number of sulfonamides is 1. The molecule has 0 spiro atoms. The zero-order valence-electron chi connectivity index (χ0n) is 25.7. The Labute approximate surface area is 269 Å². The molecule has 1 unspecified atom stereocenters. The molecule has 0 saturated heterocycles. The van der Waals surface area contributed by atoms with E-state index in [0.29, 0.717) is 22.8 Å². The maximum Gasteiger partial charge on any atom is 0.264 e. The first-order valence-electron chi connectivity index (χ1n) is 14.9. The molecule has 9 nitrogen and oxygen atoms in total. The fourth-order valence-electron chi connectivity index (χ4n) is 5.49. The predicted molar refractivity (Wildman–Crippen MR) is 172 cm³/mol. The normalized spacial score (nSPS) is 14.3. The molecular weight excluding hydrogens is 621 g/mol. The summed E-state index contributed by atoms with van der Waals surface area (Å²) in [6.07, 6.45) is 5.21. The van der Waals surface area contributed by atoms with E-state index in [1.165, 1.54) is 49.5 Å². The van der Waals surface area contributed by atoms with Gasteiger partial charge in [-0.3, -0.25) is 13.9 Å². The summed E-state index contributed by atoms with van der Waals surface area (Å²) in [5, 5.41) is 3.63. The van der Waals surface area contributed by atoms with E-state index >= 15 is 0 Å². The van der Waals surface area contributed by atoms with Crippen LogP contribution in [0.3, 0.4) is 0 Å². The Bertz CT molecular complexity index is 1560. The Morgan fingerprint density at radius 1 is 0.956 bits per heavy atom. The molecule has 3 aromatic carbocycles. The number of carbonyl (C=O) groups is 2. The van der Waals surface area contributed by atoms with Gasteiger partial charge in [0.25, 0.3) is 10.0 Å². The predicted octanol–water partition coefficient (Wildman–Crippen LogP) is 5.95. The van der Waals surface area contributed by atoms with E-state index in [4.69, 9.17) is 21.1 Å². The van der Waals surface area contributed by atoms with Gasteiger partial charge < -0.3 is 19.7 Å². The highest BCUT2D eigenvalue weighted by atomic mass is 35.5. The maximum atomic E-state index is 14.3. The van der Waals surface area contributed by atoms with Gasteiger partial charge in [0, 0.05) is 23.7 Å². The second kappa shape index (κ2) is 15.4. The zero-order valence-corrected chi connectivity index (χ0v) is 27.2. The molecule has 1 atom stereocenters. The molecule has 12 heteroatoms. The minimum atomic E-state index is -4.40. The van der Waals surface area contributed by atoms with Gasteiger partial charge >= 0.3 is 0 Å². The van der Waals surface area contributed by atoms with Crippen LogP contribution in [0, 0.1) is 5.82 Å². The summed E-state index contributed by atoms with van der Waals surface area (Å²) in [5.74, 6) is -0.960. The first-order valence-corrected chi connectivity index (χ1v) is 16.7.